The Balaban J connectivity index is 2.72. The molecule has 2 aliphatic rings. The van der Waals surface area contributed by atoms with Gasteiger partial charge in [-0.05, 0) is 5.53 Å². The van der Waals surface area contributed by atoms with Crippen LogP contribution in [0.25, 0.3) is 10.4 Å². The smallest absolute Gasteiger partial charge is 0.305 e. The Morgan fingerprint density at radius 1 is 0.543 bits per heavy atom. The van der Waals surface area contributed by atoms with Crippen molar-refractivity contribution < 1.29 is 80.9 Å². The highest BCUT2D eigenvalue weighted by Gasteiger charge is 2.57. The van der Waals surface area contributed by atoms with Crippen molar-refractivity contribution in [3.8, 4) is 0 Å². The van der Waals surface area contributed by atoms with Gasteiger partial charge in [0, 0.05) is 53.4 Å². The summed E-state index contributed by atoms with van der Waals surface area (Å²) >= 11 is 0. The highest BCUT2D eigenvalue weighted by Crippen LogP contribution is 2.35. The molecule has 20 nitrogen and oxygen atoms in total. The van der Waals surface area contributed by atoms with Crippen LogP contribution >= 0.6 is 0 Å². The SMILES string of the molecule is CC(=O)OCC1O[C@@H](O[C@H]2C(COC(C)=O)O[C@@H](OC(C)=O)C(OC(C)=O)[C@H]2OC(C)=O)C(OC(C)=O)[C@@H](OC(C)=O)[C@H]1N=[N+]=[N-]. The Bertz CT molecular complexity index is 1220. The van der Waals surface area contributed by atoms with Crippen molar-refractivity contribution in [2.24, 2.45) is 5.11 Å². The summed E-state index contributed by atoms with van der Waals surface area (Å²) in [4.78, 5) is 86.7. The molecule has 2 aliphatic heterocycles. The van der Waals surface area contributed by atoms with Crippen molar-refractivity contribution in [2.75, 3.05) is 13.2 Å². The zero-order valence-corrected chi connectivity index (χ0v) is 26.0. The molecule has 0 aromatic heterocycles. The van der Waals surface area contributed by atoms with Gasteiger partial charge >= 0.3 is 41.8 Å². The molecule has 0 radical (unpaired) electrons. The summed E-state index contributed by atoms with van der Waals surface area (Å²) in [6, 6.07) is -1.44. The predicted molar refractivity (Wildman–Crippen MR) is 142 cm³/mol. The summed E-state index contributed by atoms with van der Waals surface area (Å²) in [5.41, 5.74) is 9.24. The summed E-state index contributed by atoms with van der Waals surface area (Å²) in [5, 5.41) is 3.60. The van der Waals surface area contributed by atoms with Crippen LogP contribution in [0, 0.1) is 0 Å². The lowest BCUT2D eigenvalue weighted by Gasteiger charge is -2.48. The average molecular weight is 662 g/mol. The van der Waals surface area contributed by atoms with Crippen molar-refractivity contribution in [3.05, 3.63) is 10.4 Å². The van der Waals surface area contributed by atoms with Gasteiger partial charge in [-0.15, -0.1) is 0 Å². The number of carbonyl (C=O) groups excluding carboxylic acids is 7. The number of hydrogen-bond donors (Lipinski definition) is 0. The van der Waals surface area contributed by atoms with Crippen molar-refractivity contribution in [1.29, 1.82) is 0 Å². The van der Waals surface area contributed by atoms with E-state index in [-0.39, 0.29) is 0 Å². The lowest BCUT2D eigenvalue weighted by Crippen LogP contribution is -2.66. The van der Waals surface area contributed by atoms with Gasteiger partial charge in [-0.2, -0.15) is 0 Å². The van der Waals surface area contributed by atoms with Gasteiger partial charge in [-0.3, -0.25) is 33.6 Å². The van der Waals surface area contributed by atoms with Gasteiger partial charge in [0.05, 0.1) is 0 Å². The van der Waals surface area contributed by atoms with E-state index in [0.29, 0.717) is 0 Å². The molecule has 10 atom stereocenters. The molecule has 20 heteroatoms. The van der Waals surface area contributed by atoms with Gasteiger partial charge < -0.3 is 47.4 Å². The van der Waals surface area contributed by atoms with E-state index in [2.05, 4.69) is 10.0 Å². The first-order valence-electron chi connectivity index (χ1n) is 13.7. The fourth-order valence-electron chi connectivity index (χ4n) is 4.61. The minimum Gasteiger partial charge on any atom is -0.463 e. The largest absolute Gasteiger partial charge is 0.463 e. The van der Waals surface area contributed by atoms with E-state index in [9.17, 15) is 39.1 Å². The molecule has 256 valence electrons. The van der Waals surface area contributed by atoms with E-state index < -0.39 is 116 Å². The molecule has 0 aliphatic carbocycles. The van der Waals surface area contributed by atoms with Gasteiger partial charge in [-0.25, -0.2) is 0 Å². The Kier molecular flexibility index (Phi) is 14.1. The Morgan fingerprint density at radius 3 is 1.41 bits per heavy atom. The lowest BCUT2D eigenvalue weighted by molar-refractivity contribution is -0.349. The second-order valence-electron chi connectivity index (χ2n) is 9.89. The van der Waals surface area contributed by atoms with Crippen molar-refractivity contribution in [1.82, 2.24) is 0 Å². The van der Waals surface area contributed by atoms with Gasteiger partial charge in [-0.1, -0.05) is 5.11 Å². The topological polar surface area (TPSA) is 261 Å². The highest BCUT2D eigenvalue weighted by molar-refractivity contribution is 5.69. The van der Waals surface area contributed by atoms with Gasteiger partial charge in [0.1, 0.15) is 37.6 Å². The molecule has 0 spiro atoms. The van der Waals surface area contributed by atoms with Gasteiger partial charge in [0.25, 0.3) is 0 Å². The monoisotopic (exact) mass is 661 g/mol. The number of ether oxygens (including phenoxy) is 10. The molecular weight excluding hydrogens is 626 g/mol. The second-order valence-corrected chi connectivity index (χ2v) is 9.89. The maximum Gasteiger partial charge on any atom is 0.305 e. The molecule has 4 unspecified atom stereocenters. The molecule has 2 rings (SSSR count). The summed E-state index contributed by atoms with van der Waals surface area (Å²) in [5.74, 6) is -6.11. The van der Waals surface area contributed by atoms with Crippen LogP contribution in [-0.2, 0) is 80.9 Å². The number of esters is 7. The van der Waals surface area contributed by atoms with Crippen molar-refractivity contribution >= 4 is 41.8 Å². The van der Waals surface area contributed by atoms with Crippen molar-refractivity contribution in [3.63, 3.8) is 0 Å². The second kappa shape index (κ2) is 17.2. The minimum atomic E-state index is -1.81. The quantitative estimate of drug-likeness (QED) is 0.0870. The normalized spacial score (nSPS) is 30.3. The first-order chi connectivity index (χ1) is 21.5. The molecule has 0 bridgehead atoms. The number of nitrogens with zero attached hydrogens (tertiary/aromatic N) is 3. The van der Waals surface area contributed by atoms with Crippen LogP contribution < -0.4 is 0 Å². The zero-order chi connectivity index (χ0) is 34.7. The van der Waals surface area contributed by atoms with Crippen LogP contribution in [0.2, 0.25) is 0 Å². The summed E-state index contributed by atoms with van der Waals surface area (Å²) in [7, 11) is 0. The Hall–Kier alpha value is -4.52. The fraction of sp³-hybridized carbons (Fsp3) is 0.731. The molecule has 0 amide bonds. The van der Waals surface area contributed by atoms with E-state index in [1.165, 1.54) is 0 Å². The van der Waals surface area contributed by atoms with Gasteiger partial charge in [0.2, 0.25) is 12.4 Å². The molecule has 2 heterocycles. The molecule has 46 heavy (non-hydrogen) atoms. The van der Waals surface area contributed by atoms with Crippen LogP contribution in [0.4, 0.5) is 0 Å². The average Bonchev–Trinajstić information content (AvgIpc) is 2.91. The Morgan fingerprint density at radius 2 is 0.957 bits per heavy atom. The number of azide groups is 1. The third kappa shape index (κ3) is 11.1. The Labute approximate surface area is 261 Å². The van der Waals surface area contributed by atoms with Crippen LogP contribution in [0.5, 0.6) is 0 Å². The molecule has 0 aromatic carbocycles. The van der Waals surface area contributed by atoms with E-state index >= 15 is 0 Å². The highest BCUT2D eigenvalue weighted by atomic mass is 16.8. The van der Waals surface area contributed by atoms with Crippen LogP contribution in [0.3, 0.4) is 0 Å². The number of hydrogen-bond acceptors (Lipinski definition) is 18. The maximum absolute atomic E-state index is 12.3. The fourth-order valence-corrected chi connectivity index (χ4v) is 4.61. The third-order valence-corrected chi connectivity index (χ3v) is 6.08. The minimum absolute atomic E-state index is 0.570. The number of carbonyl (C=O) groups is 7. The zero-order valence-electron chi connectivity index (χ0n) is 26.0. The maximum atomic E-state index is 12.3. The van der Waals surface area contributed by atoms with Crippen LogP contribution in [0.1, 0.15) is 48.5 Å². The summed E-state index contributed by atoms with van der Waals surface area (Å²) in [6.07, 6.45) is -14.6. The first-order valence-corrected chi connectivity index (χ1v) is 13.7. The van der Waals surface area contributed by atoms with E-state index in [1.54, 1.807) is 0 Å². The van der Waals surface area contributed by atoms with E-state index in [0.717, 1.165) is 48.5 Å². The van der Waals surface area contributed by atoms with Crippen LogP contribution in [0.15, 0.2) is 5.11 Å². The predicted octanol–water partition coefficient (Wildman–Crippen LogP) is -0.0836. The molecule has 0 N–H and O–H groups in total. The molecule has 0 saturated carbocycles. The summed E-state index contributed by atoms with van der Waals surface area (Å²) in [6.45, 7) is 6.05. The molecule has 2 fully saturated rings. The van der Waals surface area contributed by atoms with Crippen LogP contribution in [-0.4, -0.2) is 116 Å². The summed E-state index contributed by atoms with van der Waals surface area (Å²) < 4.78 is 54.6. The number of rotatable bonds is 12. The lowest BCUT2D eigenvalue weighted by atomic mass is 9.95. The standard InChI is InChI=1S/C26H35N3O17/c1-10(30)37-8-17-19(28-29-27)21(39-12(3)32)23(41-14(5)34)26(44-17)46-20-18(9-38-11(2)31)45-25(43-16(7)36)24(42-15(6)35)22(20)40-13(4)33/h17-26H,8-9H2,1-7H3/t17?,18?,19-,20-,21-,22-,23?,24?,25+,26-/m0/s1. The molecule has 0 aromatic rings. The first kappa shape index (κ1) is 37.7. The van der Waals surface area contributed by atoms with E-state index in [4.69, 9.17) is 47.4 Å². The third-order valence-electron chi connectivity index (χ3n) is 6.08. The van der Waals surface area contributed by atoms with Gasteiger partial charge in [0.15, 0.2) is 24.6 Å². The van der Waals surface area contributed by atoms with E-state index in [1.807, 2.05) is 0 Å². The van der Waals surface area contributed by atoms with Crippen molar-refractivity contribution in [2.45, 2.75) is 110 Å². The molecular formula is C26H35N3O17. The molecule has 2 saturated heterocycles.